The highest BCUT2D eigenvalue weighted by molar-refractivity contribution is 8.14. The molecular formula is C19H17N3OS2. The second-order valence-corrected chi connectivity index (χ2v) is 7.75. The van der Waals surface area contributed by atoms with E-state index in [9.17, 15) is 4.79 Å². The van der Waals surface area contributed by atoms with E-state index in [4.69, 9.17) is 0 Å². The standard InChI is InChI=1S/C19H17N3OS2/c1-2-21-18(23)17(25-19(21)24)9-13-11-20-22(12-13)16-8-7-14-5-3-4-6-15(14)10-16/h3-12,19,24H,2H2,1H3/b17-9-. The highest BCUT2D eigenvalue weighted by Crippen LogP contribution is 2.37. The number of thiol groups is 1. The summed E-state index contributed by atoms with van der Waals surface area (Å²) >= 11 is 5.93. The van der Waals surface area contributed by atoms with Crippen molar-refractivity contribution in [3.05, 3.63) is 65.3 Å². The third-order valence-electron chi connectivity index (χ3n) is 4.21. The molecule has 1 aliphatic rings. The summed E-state index contributed by atoms with van der Waals surface area (Å²) in [5.41, 5.74) is 1.90. The van der Waals surface area contributed by atoms with Crippen LogP contribution in [0.4, 0.5) is 0 Å². The van der Waals surface area contributed by atoms with E-state index in [1.807, 2.05) is 42.1 Å². The van der Waals surface area contributed by atoms with Crippen LogP contribution in [-0.2, 0) is 4.79 Å². The Kier molecular flexibility index (Phi) is 4.31. The highest BCUT2D eigenvalue weighted by Gasteiger charge is 2.32. The van der Waals surface area contributed by atoms with Gasteiger partial charge >= 0.3 is 0 Å². The number of thioether (sulfide) groups is 1. The molecule has 0 spiro atoms. The Morgan fingerprint density at radius 1 is 1.24 bits per heavy atom. The van der Waals surface area contributed by atoms with Crippen molar-refractivity contribution in [3.63, 3.8) is 0 Å². The fraction of sp³-hybridized carbons (Fsp3) is 0.158. The van der Waals surface area contributed by atoms with Gasteiger partial charge in [-0.15, -0.1) is 12.6 Å². The van der Waals surface area contributed by atoms with Crippen molar-refractivity contribution in [2.24, 2.45) is 0 Å². The predicted molar refractivity (Wildman–Crippen MR) is 107 cm³/mol. The summed E-state index contributed by atoms with van der Waals surface area (Å²) in [6.07, 6.45) is 5.60. The third kappa shape index (κ3) is 3.07. The molecule has 4 nitrogen and oxygen atoms in total. The maximum absolute atomic E-state index is 12.3. The molecule has 4 rings (SSSR count). The summed E-state index contributed by atoms with van der Waals surface area (Å²) < 4.78 is 1.72. The minimum atomic E-state index is -0.112. The van der Waals surface area contributed by atoms with Gasteiger partial charge in [0.25, 0.3) is 5.91 Å². The number of carbonyl (C=O) groups excluding carboxylic acids is 1. The van der Waals surface area contributed by atoms with Gasteiger partial charge in [-0.05, 0) is 35.9 Å². The number of carbonyl (C=O) groups is 1. The molecule has 0 aliphatic carbocycles. The first-order valence-corrected chi connectivity index (χ1v) is 9.46. The molecule has 0 saturated carbocycles. The van der Waals surface area contributed by atoms with E-state index in [0.29, 0.717) is 11.4 Å². The molecule has 6 heteroatoms. The average Bonchev–Trinajstić information content (AvgIpc) is 3.19. The molecule has 1 atom stereocenters. The van der Waals surface area contributed by atoms with Gasteiger partial charge in [0, 0.05) is 18.3 Å². The Bertz CT molecular complexity index is 979. The van der Waals surface area contributed by atoms with Crippen LogP contribution in [-0.4, -0.2) is 31.8 Å². The van der Waals surface area contributed by atoms with Crippen molar-refractivity contribution >= 4 is 47.1 Å². The van der Waals surface area contributed by atoms with Crippen LogP contribution < -0.4 is 0 Å². The van der Waals surface area contributed by atoms with Crippen molar-refractivity contribution in [3.8, 4) is 5.69 Å². The number of aromatic nitrogens is 2. The van der Waals surface area contributed by atoms with Gasteiger partial charge in [0.15, 0.2) is 0 Å². The lowest BCUT2D eigenvalue weighted by Crippen LogP contribution is -2.28. The van der Waals surface area contributed by atoms with Gasteiger partial charge in [0.1, 0.15) is 4.71 Å². The molecule has 1 fully saturated rings. The lowest BCUT2D eigenvalue weighted by atomic mass is 10.1. The topological polar surface area (TPSA) is 38.1 Å². The molecule has 2 aromatic carbocycles. The minimum Gasteiger partial charge on any atom is -0.317 e. The maximum Gasteiger partial charge on any atom is 0.261 e. The lowest BCUT2D eigenvalue weighted by Gasteiger charge is -2.15. The van der Waals surface area contributed by atoms with Crippen LogP contribution in [0.3, 0.4) is 0 Å². The maximum atomic E-state index is 12.3. The molecular weight excluding hydrogens is 350 g/mol. The second-order valence-electron chi connectivity index (χ2n) is 5.79. The van der Waals surface area contributed by atoms with E-state index in [1.165, 1.54) is 22.5 Å². The largest absolute Gasteiger partial charge is 0.317 e. The molecule has 1 amide bonds. The molecule has 1 aliphatic heterocycles. The first-order chi connectivity index (χ1) is 12.2. The van der Waals surface area contributed by atoms with Crippen LogP contribution in [0.2, 0.25) is 0 Å². The van der Waals surface area contributed by atoms with Gasteiger partial charge in [-0.2, -0.15) is 5.10 Å². The van der Waals surface area contributed by atoms with E-state index in [-0.39, 0.29) is 10.6 Å². The number of likely N-dealkylation sites (N-methyl/N-ethyl adjacent to an activating group) is 1. The Hall–Kier alpha value is -2.18. The number of rotatable bonds is 3. The Labute approximate surface area is 155 Å². The van der Waals surface area contributed by atoms with Crippen molar-refractivity contribution < 1.29 is 4.79 Å². The predicted octanol–water partition coefficient (Wildman–Crippen LogP) is 4.18. The van der Waals surface area contributed by atoms with Crippen LogP contribution in [0.1, 0.15) is 12.5 Å². The van der Waals surface area contributed by atoms with E-state index in [0.717, 1.165) is 11.3 Å². The number of fused-ring (bicyclic) bond motifs is 1. The average molecular weight is 367 g/mol. The summed E-state index contributed by atoms with van der Waals surface area (Å²) in [5.74, 6) is 0.0333. The van der Waals surface area contributed by atoms with Gasteiger partial charge < -0.3 is 4.90 Å². The fourth-order valence-corrected chi connectivity index (χ4v) is 4.52. The number of hydrogen-bond donors (Lipinski definition) is 1. The Morgan fingerprint density at radius 2 is 2.04 bits per heavy atom. The molecule has 3 aromatic rings. The van der Waals surface area contributed by atoms with Crippen molar-refractivity contribution in [1.82, 2.24) is 14.7 Å². The molecule has 0 N–H and O–H groups in total. The van der Waals surface area contributed by atoms with Gasteiger partial charge in [-0.3, -0.25) is 4.79 Å². The summed E-state index contributed by atoms with van der Waals surface area (Å²) in [5, 5.41) is 6.81. The van der Waals surface area contributed by atoms with Crippen molar-refractivity contribution in [2.75, 3.05) is 6.54 Å². The zero-order valence-corrected chi connectivity index (χ0v) is 15.4. The molecule has 2 heterocycles. The fourth-order valence-electron chi connectivity index (χ4n) is 2.89. The van der Waals surface area contributed by atoms with Gasteiger partial charge in [-0.1, -0.05) is 42.1 Å². The van der Waals surface area contributed by atoms with Gasteiger partial charge in [-0.25, -0.2) is 4.68 Å². The zero-order chi connectivity index (χ0) is 17.4. The van der Waals surface area contributed by atoms with Crippen LogP contribution in [0, 0.1) is 0 Å². The van der Waals surface area contributed by atoms with Gasteiger partial charge in [0.05, 0.1) is 16.8 Å². The summed E-state index contributed by atoms with van der Waals surface area (Å²) in [4.78, 5) is 14.8. The van der Waals surface area contributed by atoms with E-state index in [1.54, 1.807) is 11.1 Å². The molecule has 0 bridgehead atoms. The zero-order valence-electron chi connectivity index (χ0n) is 13.7. The van der Waals surface area contributed by atoms with Gasteiger partial charge in [0.2, 0.25) is 0 Å². The third-order valence-corrected chi connectivity index (χ3v) is 5.82. The van der Waals surface area contributed by atoms with Crippen molar-refractivity contribution in [1.29, 1.82) is 0 Å². The van der Waals surface area contributed by atoms with Crippen LogP contribution in [0.25, 0.3) is 22.5 Å². The molecule has 126 valence electrons. The highest BCUT2D eigenvalue weighted by atomic mass is 32.2. The molecule has 1 unspecified atom stereocenters. The second kappa shape index (κ2) is 6.61. The minimum absolute atomic E-state index is 0.0333. The first-order valence-electron chi connectivity index (χ1n) is 8.07. The quantitative estimate of drug-likeness (QED) is 0.558. The first kappa shape index (κ1) is 16.3. The number of hydrogen-bond acceptors (Lipinski definition) is 4. The van der Waals surface area contributed by atoms with Crippen LogP contribution >= 0.6 is 24.4 Å². The van der Waals surface area contributed by atoms with E-state index < -0.39 is 0 Å². The molecule has 1 saturated heterocycles. The summed E-state index contributed by atoms with van der Waals surface area (Å²) in [6.45, 7) is 2.62. The van der Waals surface area contributed by atoms with Crippen LogP contribution in [0.15, 0.2) is 59.8 Å². The number of nitrogens with zero attached hydrogens (tertiary/aromatic N) is 3. The van der Waals surface area contributed by atoms with E-state index >= 15 is 0 Å². The summed E-state index contributed by atoms with van der Waals surface area (Å²) in [6, 6.07) is 14.5. The number of amides is 1. The molecule has 0 radical (unpaired) electrons. The van der Waals surface area contributed by atoms with Crippen LogP contribution in [0.5, 0.6) is 0 Å². The monoisotopic (exact) mass is 367 g/mol. The Balaban J connectivity index is 1.64. The molecule has 25 heavy (non-hydrogen) atoms. The summed E-state index contributed by atoms with van der Waals surface area (Å²) in [7, 11) is 0. The molecule has 1 aromatic heterocycles. The van der Waals surface area contributed by atoms with E-state index in [2.05, 4.69) is 42.0 Å². The number of benzene rings is 2. The normalized spacial score (nSPS) is 19.3. The smallest absolute Gasteiger partial charge is 0.261 e. The lowest BCUT2D eigenvalue weighted by molar-refractivity contribution is -0.124. The van der Waals surface area contributed by atoms with Crippen molar-refractivity contribution in [2.45, 2.75) is 11.6 Å². The SMILES string of the molecule is CCN1C(=O)/C(=C/c2cnn(-c3ccc4ccccc4c3)c2)SC1S. The Morgan fingerprint density at radius 3 is 2.80 bits per heavy atom.